The Labute approximate surface area is 98.3 Å². The van der Waals surface area contributed by atoms with Crippen molar-refractivity contribution in [1.29, 1.82) is 0 Å². The summed E-state index contributed by atoms with van der Waals surface area (Å²) in [6.45, 7) is 4.50. The summed E-state index contributed by atoms with van der Waals surface area (Å²) in [6.07, 6.45) is 0.560. The second-order valence-electron chi connectivity index (χ2n) is 3.40. The van der Waals surface area contributed by atoms with E-state index >= 15 is 0 Å². The molecule has 1 fully saturated rings. The number of hydrogen-bond donors (Lipinski definition) is 0. The predicted molar refractivity (Wildman–Crippen MR) is 42.3 cm³/mol. The third kappa shape index (κ3) is 2.59. The molecular weight excluding hydrogens is 231 g/mol. The molecule has 0 amide bonds. The zero-order valence-electron chi connectivity index (χ0n) is 7.59. The van der Waals surface area contributed by atoms with E-state index in [-0.39, 0.29) is 51.0 Å². The van der Waals surface area contributed by atoms with Gasteiger partial charge in [0.15, 0.2) is 0 Å². The summed E-state index contributed by atoms with van der Waals surface area (Å²) in [6, 6.07) is 0. The summed E-state index contributed by atoms with van der Waals surface area (Å²) in [5.74, 6) is -0.0378. The van der Waals surface area contributed by atoms with Crippen molar-refractivity contribution in [3.8, 4) is 0 Å². The van der Waals surface area contributed by atoms with E-state index < -0.39 is 5.54 Å². The molecule has 1 radical (unpaired) electrons. The van der Waals surface area contributed by atoms with Crippen LogP contribution in [0.25, 0.3) is 5.73 Å². The third-order valence-electron chi connectivity index (χ3n) is 2.02. The molecule has 1 aliphatic rings. The molecule has 3 nitrogen and oxygen atoms in total. The number of nitrogens with one attached hydrogen (secondary N) is 1. The summed E-state index contributed by atoms with van der Waals surface area (Å²) in [5, 5.41) is 0. The number of ether oxygens (including phenoxy) is 1. The normalized spacial score (nSPS) is 28.7. The average Bonchev–Trinajstić information content (AvgIpc) is 2.35. The smallest absolute Gasteiger partial charge is 0.123 e. The fraction of sp³-hybridized carbons (Fsp3) is 0.875. The number of hydrogen-bond acceptors (Lipinski definition) is 2. The molecule has 4 heteroatoms. The summed E-state index contributed by atoms with van der Waals surface area (Å²) in [4.78, 5) is 11.4. The fourth-order valence-electron chi connectivity index (χ4n) is 1.31. The van der Waals surface area contributed by atoms with Crippen molar-refractivity contribution in [3.63, 3.8) is 0 Å². The molecule has 1 rings (SSSR count). The maximum Gasteiger partial charge on any atom is 0.123 e. The van der Waals surface area contributed by atoms with Gasteiger partial charge >= 0.3 is 0 Å². The van der Waals surface area contributed by atoms with Gasteiger partial charge < -0.3 is 15.3 Å². The van der Waals surface area contributed by atoms with Crippen LogP contribution in [0.15, 0.2) is 0 Å². The summed E-state index contributed by atoms with van der Waals surface area (Å²) in [5.41, 5.74) is 6.81. The van der Waals surface area contributed by atoms with E-state index in [1.807, 2.05) is 13.8 Å². The minimum atomic E-state index is -0.936. The van der Waals surface area contributed by atoms with Gasteiger partial charge in [0, 0.05) is 51.8 Å². The molecule has 0 bridgehead atoms. The molecule has 1 N–H and O–H groups in total. The second kappa shape index (κ2) is 4.80. The number of carbonyl (C=O) groups excluding carboxylic acids is 1. The van der Waals surface area contributed by atoms with E-state index in [2.05, 4.69) is 0 Å². The van der Waals surface area contributed by atoms with Crippen LogP contribution in [0.4, 0.5) is 0 Å². The van der Waals surface area contributed by atoms with Gasteiger partial charge in [-0.1, -0.05) is 13.8 Å². The largest absolute Gasteiger partial charge is 0.664 e. The van der Waals surface area contributed by atoms with Gasteiger partial charge in [-0.05, 0) is 12.0 Å². The average molecular weight is 245 g/mol. The maximum absolute atomic E-state index is 11.4. The second-order valence-corrected chi connectivity index (χ2v) is 3.40. The molecule has 12 heavy (non-hydrogen) atoms. The van der Waals surface area contributed by atoms with Crippen LogP contribution in [0.2, 0.25) is 0 Å². The van der Waals surface area contributed by atoms with E-state index in [9.17, 15) is 4.79 Å². The summed E-state index contributed by atoms with van der Waals surface area (Å²) < 4.78 is 5.02. The number of carbonyl (C=O) groups is 1. The zero-order valence-corrected chi connectivity index (χ0v) is 10.4. The van der Waals surface area contributed by atoms with Crippen LogP contribution in [0, 0.1) is 5.92 Å². The molecule has 1 heterocycles. The topological polar surface area (TPSA) is 50.1 Å². The van der Waals surface area contributed by atoms with Crippen LogP contribution in [-0.2, 0) is 42.2 Å². The first-order valence-electron chi connectivity index (χ1n) is 3.93. The fourth-order valence-corrected chi connectivity index (χ4v) is 1.31. The minimum Gasteiger partial charge on any atom is -0.664 e. The molecule has 1 atom stereocenters. The van der Waals surface area contributed by atoms with Gasteiger partial charge in [-0.25, -0.2) is 0 Å². The molecular formula is C8H14NO2Y-. The van der Waals surface area contributed by atoms with Gasteiger partial charge in [-0.3, -0.25) is 0 Å². The first-order chi connectivity index (χ1) is 5.06. The molecule has 1 aliphatic heterocycles. The van der Waals surface area contributed by atoms with E-state index in [0.29, 0.717) is 13.0 Å². The Morgan fingerprint density at radius 3 is 2.50 bits per heavy atom. The van der Waals surface area contributed by atoms with Crippen LogP contribution in [0.1, 0.15) is 20.3 Å². The Morgan fingerprint density at radius 2 is 2.17 bits per heavy atom. The van der Waals surface area contributed by atoms with E-state index in [4.69, 9.17) is 10.5 Å². The first kappa shape index (κ1) is 12.7. The number of Topliss-reactive ketones (excluding diaryl/α,β-unsaturated/α-hetero) is 1. The monoisotopic (exact) mass is 245 g/mol. The van der Waals surface area contributed by atoms with E-state index in [1.54, 1.807) is 0 Å². The Bertz CT molecular complexity index is 164. The van der Waals surface area contributed by atoms with Crippen LogP contribution < -0.4 is 0 Å². The van der Waals surface area contributed by atoms with Crippen LogP contribution in [-0.4, -0.2) is 24.5 Å². The van der Waals surface area contributed by atoms with Crippen molar-refractivity contribution >= 4 is 5.78 Å². The van der Waals surface area contributed by atoms with Gasteiger partial charge in [0.05, 0.1) is 0 Å². The standard InChI is InChI=1S/C8H14NO2.Y/c1-6(2)7(10)8(9)3-4-11-5-8;/h6,9H,3-5H2,1-2H3;/q-1;. The molecule has 0 aromatic rings. The molecule has 0 aliphatic carbocycles. The van der Waals surface area contributed by atoms with Gasteiger partial charge in [0.1, 0.15) is 5.78 Å². The van der Waals surface area contributed by atoms with Crippen LogP contribution in [0.5, 0.6) is 0 Å². The summed E-state index contributed by atoms with van der Waals surface area (Å²) in [7, 11) is 0. The summed E-state index contributed by atoms with van der Waals surface area (Å²) >= 11 is 0. The van der Waals surface area contributed by atoms with Gasteiger partial charge in [0.25, 0.3) is 0 Å². The number of ketones is 1. The SMILES string of the molecule is CC(C)C(=O)C1([NH-])CCOC1.[Y]. The van der Waals surface area contributed by atoms with Crippen LogP contribution in [0.3, 0.4) is 0 Å². The number of rotatable bonds is 2. The van der Waals surface area contributed by atoms with Crippen molar-refractivity contribution in [2.75, 3.05) is 13.2 Å². The third-order valence-corrected chi connectivity index (χ3v) is 2.02. The Hall–Kier alpha value is 0.694. The van der Waals surface area contributed by atoms with Gasteiger partial charge in [-0.15, -0.1) is 0 Å². The van der Waals surface area contributed by atoms with Crippen molar-refractivity contribution in [1.82, 2.24) is 0 Å². The first-order valence-corrected chi connectivity index (χ1v) is 3.93. The minimum absolute atomic E-state index is 0. The van der Waals surface area contributed by atoms with Crippen molar-refractivity contribution in [2.24, 2.45) is 5.92 Å². The van der Waals surface area contributed by atoms with E-state index in [0.717, 1.165) is 0 Å². The van der Waals surface area contributed by atoms with Crippen molar-refractivity contribution in [2.45, 2.75) is 25.8 Å². The molecule has 0 spiro atoms. The molecule has 1 saturated heterocycles. The molecule has 0 saturated carbocycles. The molecule has 1 unspecified atom stereocenters. The molecule has 67 valence electrons. The van der Waals surface area contributed by atoms with Crippen molar-refractivity contribution in [3.05, 3.63) is 5.73 Å². The Balaban J connectivity index is 0.00000121. The van der Waals surface area contributed by atoms with Gasteiger partial charge in [-0.2, -0.15) is 0 Å². The maximum atomic E-state index is 11.4. The quantitative estimate of drug-likeness (QED) is 0.738. The Morgan fingerprint density at radius 1 is 1.58 bits per heavy atom. The molecule has 0 aromatic heterocycles. The van der Waals surface area contributed by atoms with E-state index in [1.165, 1.54) is 0 Å². The molecule has 0 aromatic carbocycles. The van der Waals surface area contributed by atoms with Crippen LogP contribution >= 0.6 is 0 Å². The van der Waals surface area contributed by atoms with Crippen molar-refractivity contribution < 1.29 is 42.2 Å². The predicted octanol–water partition coefficient (Wildman–Crippen LogP) is 1.42. The Kier molecular flexibility index (Phi) is 5.08. The zero-order chi connectivity index (χ0) is 8.48. The van der Waals surface area contributed by atoms with Gasteiger partial charge in [0.2, 0.25) is 0 Å².